The van der Waals surface area contributed by atoms with Gasteiger partial charge in [0.1, 0.15) is 18.4 Å². The number of halogens is 1. The second-order valence-corrected chi connectivity index (χ2v) is 12.3. The van der Waals surface area contributed by atoms with Crippen molar-refractivity contribution in [1.29, 1.82) is 0 Å². The highest BCUT2D eigenvalue weighted by atomic mass is 32.2. The van der Waals surface area contributed by atoms with Crippen molar-refractivity contribution in [2.75, 3.05) is 25.1 Å². The molecule has 0 saturated carbocycles. The van der Waals surface area contributed by atoms with Crippen molar-refractivity contribution in [3.05, 3.63) is 84.2 Å². The number of rotatable bonds is 11. The van der Waals surface area contributed by atoms with Gasteiger partial charge in [-0.15, -0.1) is 0 Å². The third kappa shape index (κ3) is 7.97. The fraction of sp³-hybridized carbons (Fsp3) is 0.333. The third-order valence-corrected chi connectivity index (χ3v) is 7.97. The fourth-order valence-corrected chi connectivity index (χ4v) is 5.50. The first-order valence-electron chi connectivity index (χ1n) is 12.9. The molecular weight excluding hydrogens is 549 g/mol. The van der Waals surface area contributed by atoms with E-state index in [1.54, 1.807) is 37.3 Å². The Hall–Kier alpha value is -4.12. The molecule has 0 aromatic heterocycles. The van der Waals surface area contributed by atoms with E-state index in [0.29, 0.717) is 11.3 Å². The molecule has 3 aromatic carbocycles. The van der Waals surface area contributed by atoms with Crippen molar-refractivity contribution in [2.24, 2.45) is 0 Å². The SMILES string of the molecule is COc1ccc(S(=O)(=O)N(CC(=O)N(Cc2ccc(F)cc2)[C@@H](C)C(=O)NC(C)(C)C)c2ccccc2)cc1OC. The molecule has 0 unspecified atom stereocenters. The molecule has 0 radical (unpaired) electrons. The molecule has 0 heterocycles. The van der Waals surface area contributed by atoms with Gasteiger partial charge < -0.3 is 19.7 Å². The summed E-state index contributed by atoms with van der Waals surface area (Å²) in [7, 11) is -1.46. The summed E-state index contributed by atoms with van der Waals surface area (Å²) >= 11 is 0. The van der Waals surface area contributed by atoms with E-state index >= 15 is 0 Å². The van der Waals surface area contributed by atoms with Gasteiger partial charge in [0.05, 0.1) is 24.8 Å². The molecule has 9 nitrogen and oxygen atoms in total. The van der Waals surface area contributed by atoms with Gasteiger partial charge in [0.15, 0.2) is 11.5 Å². The number of ether oxygens (including phenoxy) is 2. The van der Waals surface area contributed by atoms with Crippen molar-refractivity contribution in [3.8, 4) is 11.5 Å². The Bertz CT molecular complexity index is 1460. The Balaban J connectivity index is 2.04. The molecule has 0 aliphatic rings. The molecule has 0 fully saturated rings. The van der Waals surface area contributed by atoms with E-state index in [1.807, 2.05) is 20.8 Å². The van der Waals surface area contributed by atoms with Crippen LogP contribution in [0, 0.1) is 5.82 Å². The zero-order valence-corrected chi connectivity index (χ0v) is 24.9. The summed E-state index contributed by atoms with van der Waals surface area (Å²) in [6.45, 7) is 6.37. The van der Waals surface area contributed by atoms with Crippen molar-refractivity contribution >= 4 is 27.5 Å². The van der Waals surface area contributed by atoms with E-state index in [0.717, 1.165) is 4.31 Å². The van der Waals surface area contributed by atoms with Crippen LogP contribution in [0.4, 0.5) is 10.1 Å². The predicted octanol–water partition coefficient (Wildman–Crippen LogP) is 4.37. The van der Waals surface area contributed by atoms with Crippen LogP contribution in [-0.2, 0) is 26.2 Å². The molecule has 3 aromatic rings. The Morgan fingerprint density at radius 1 is 0.927 bits per heavy atom. The van der Waals surface area contributed by atoms with Crippen LogP contribution in [0.25, 0.3) is 0 Å². The smallest absolute Gasteiger partial charge is 0.264 e. The summed E-state index contributed by atoms with van der Waals surface area (Å²) < 4.78 is 53.1. The van der Waals surface area contributed by atoms with Crippen LogP contribution in [0.2, 0.25) is 0 Å². The maximum Gasteiger partial charge on any atom is 0.264 e. The molecule has 0 saturated heterocycles. The summed E-state index contributed by atoms with van der Waals surface area (Å²) in [4.78, 5) is 28.2. The molecule has 0 aliphatic carbocycles. The van der Waals surface area contributed by atoms with Crippen LogP contribution in [0.3, 0.4) is 0 Å². The van der Waals surface area contributed by atoms with Gasteiger partial charge in [0.2, 0.25) is 11.8 Å². The number of methoxy groups -OCH3 is 2. The molecule has 41 heavy (non-hydrogen) atoms. The zero-order valence-electron chi connectivity index (χ0n) is 24.0. The van der Waals surface area contributed by atoms with Crippen LogP contribution in [0.5, 0.6) is 11.5 Å². The lowest BCUT2D eigenvalue weighted by atomic mass is 10.1. The summed E-state index contributed by atoms with van der Waals surface area (Å²) in [5, 5.41) is 2.86. The monoisotopic (exact) mass is 585 g/mol. The Kier molecular flexibility index (Phi) is 9.98. The number of hydrogen-bond acceptors (Lipinski definition) is 6. The van der Waals surface area contributed by atoms with E-state index in [4.69, 9.17) is 9.47 Å². The molecule has 2 amide bonds. The predicted molar refractivity (Wildman–Crippen MR) is 155 cm³/mol. The minimum atomic E-state index is -4.29. The Morgan fingerprint density at radius 2 is 1.54 bits per heavy atom. The number of amides is 2. The highest BCUT2D eigenvalue weighted by molar-refractivity contribution is 7.92. The minimum Gasteiger partial charge on any atom is -0.493 e. The summed E-state index contributed by atoms with van der Waals surface area (Å²) in [5.41, 5.74) is 0.260. The number of sulfonamides is 1. The van der Waals surface area contributed by atoms with Crippen molar-refractivity contribution in [3.63, 3.8) is 0 Å². The van der Waals surface area contributed by atoms with Crippen LogP contribution in [0.15, 0.2) is 77.7 Å². The number of para-hydroxylation sites is 1. The summed E-state index contributed by atoms with van der Waals surface area (Å²) in [6.07, 6.45) is 0. The Morgan fingerprint density at radius 3 is 2.10 bits per heavy atom. The maximum absolute atomic E-state index is 14.0. The highest BCUT2D eigenvalue weighted by Gasteiger charge is 2.33. The average molecular weight is 586 g/mol. The quantitative estimate of drug-likeness (QED) is 0.358. The van der Waals surface area contributed by atoms with Crippen molar-refractivity contribution < 1.29 is 31.9 Å². The molecule has 3 rings (SSSR count). The van der Waals surface area contributed by atoms with E-state index in [-0.39, 0.29) is 22.9 Å². The number of nitrogens with zero attached hydrogens (tertiary/aromatic N) is 2. The molecule has 0 spiro atoms. The first-order chi connectivity index (χ1) is 19.3. The number of anilines is 1. The molecular formula is C30H36FN3O6S. The molecule has 1 N–H and O–H groups in total. The van der Waals surface area contributed by atoms with Gasteiger partial charge in [-0.3, -0.25) is 13.9 Å². The molecule has 0 aliphatic heterocycles. The fourth-order valence-electron chi connectivity index (χ4n) is 4.07. The number of carbonyl (C=O) groups excluding carboxylic acids is 2. The normalized spacial score (nSPS) is 12.3. The van der Waals surface area contributed by atoms with Crippen LogP contribution in [-0.4, -0.2) is 57.5 Å². The lowest BCUT2D eigenvalue weighted by Crippen LogP contribution is -2.54. The summed E-state index contributed by atoms with van der Waals surface area (Å²) in [6, 6.07) is 16.9. The largest absolute Gasteiger partial charge is 0.493 e. The van der Waals surface area contributed by atoms with E-state index in [1.165, 1.54) is 61.6 Å². The molecule has 0 bridgehead atoms. The van der Waals surface area contributed by atoms with Gasteiger partial charge in [0, 0.05) is 18.2 Å². The summed E-state index contributed by atoms with van der Waals surface area (Å²) in [5.74, 6) is -0.932. The molecule has 220 valence electrons. The van der Waals surface area contributed by atoms with E-state index in [2.05, 4.69) is 5.32 Å². The number of carbonyl (C=O) groups is 2. The lowest BCUT2D eigenvalue weighted by Gasteiger charge is -2.33. The number of benzene rings is 3. The second-order valence-electron chi connectivity index (χ2n) is 10.4. The molecule has 1 atom stereocenters. The zero-order chi connectivity index (χ0) is 30.4. The van der Waals surface area contributed by atoms with Crippen molar-refractivity contribution in [1.82, 2.24) is 10.2 Å². The van der Waals surface area contributed by atoms with E-state index in [9.17, 15) is 22.4 Å². The van der Waals surface area contributed by atoms with Gasteiger partial charge in [-0.25, -0.2) is 12.8 Å². The number of hydrogen-bond donors (Lipinski definition) is 1. The van der Waals surface area contributed by atoms with Crippen LogP contribution in [0.1, 0.15) is 33.3 Å². The molecule has 11 heteroatoms. The van der Waals surface area contributed by atoms with Crippen LogP contribution >= 0.6 is 0 Å². The van der Waals surface area contributed by atoms with Gasteiger partial charge in [-0.05, 0) is 69.7 Å². The number of nitrogens with one attached hydrogen (secondary N) is 1. The van der Waals surface area contributed by atoms with Gasteiger partial charge >= 0.3 is 0 Å². The van der Waals surface area contributed by atoms with Gasteiger partial charge in [-0.1, -0.05) is 30.3 Å². The second kappa shape index (κ2) is 13.0. The topological polar surface area (TPSA) is 105 Å². The van der Waals surface area contributed by atoms with Gasteiger partial charge in [0.25, 0.3) is 10.0 Å². The first kappa shape index (κ1) is 31.4. The van der Waals surface area contributed by atoms with E-state index < -0.39 is 45.8 Å². The van der Waals surface area contributed by atoms with Crippen molar-refractivity contribution in [2.45, 2.75) is 50.7 Å². The van der Waals surface area contributed by atoms with Gasteiger partial charge in [-0.2, -0.15) is 0 Å². The highest BCUT2D eigenvalue weighted by Crippen LogP contribution is 2.32. The third-order valence-electron chi connectivity index (χ3n) is 6.20. The standard InChI is InChI=1S/C30H36FN3O6S/c1-21(29(36)32-30(2,3)4)33(19-22-12-14-23(31)15-13-22)28(35)20-34(24-10-8-7-9-11-24)41(37,38)25-16-17-26(39-5)27(18-25)40-6/h7-18,21H,19-20H2,1-6H3,(H,32,36)/t21-/m0/s1. The maximum atomic E-state index is 14.0. The van der Waals surface area contributed by atoms with Crippen LogP contribution < -0.4 is 19.1 Å². The minimum absolute atomic E-state index is 0.0448. The Labute approximate surface area is 240 Å². The average Bonchev–Trinajstić information content (AvgIpc) is 2.94. The lowest BCUT2D eigenvalue weighted by molar-refractivity contribution is -0.140. The first-order valence-corrected chi connectivity index (χ1v) is 14.4.